The Bertz CT molecular complexity index is 2170. The molecular formula is C28H22F3N7O. The third kappa shape index (κ3) is 5.93. The Morgan fingerprint density at radius 3 is 2.72 bits per heavy atom. The molecule has 5 rings (SSSR count). The highest BCUT2D eigenvalue weighted by Gasteiger charge is 2.31. The van der Waals surface area contributed by atoms with Crippen molar-refractivity contribution in [1.82, 2.24) is 24.5 Å². The maximum atomic E-state index is 14.2. The highest BCUT2D eigenvalue weighted by Crippen LogP contribution is 2.33. The molecule has 0 aliphatic carbocycles. The van der Waals surface area contributed by atoms with Crippen molar-refractivity contribution < 1.29 is 34.4 Å². The highest BCUT2D eigenvalue weighted by molar-refractivity contribution is 6.05. The molecule has 0 aliphatic heterocycles. The van der Waals surface area contributed by atoms with Crippen molar-refractivity contribution in [3.05, 3.63) is 108 Å². The molecule has 3 aromatic heterocycles. The molecule has 0 spiro atoms. The van der Waals surface area contributed by atoms with Gasteiger partial charge >= 0.3 is 6.18 Å². The number of aryl methyl sites for hydroxylation is 1. The average molecular weight is 542 g/mol. The molecule has 0 bridgehead atoms. The van der Waals surface area contributed by atoms with Gasteiger partial charge in [0.15, 0.2) is 0 Å². The second-order valence-corrected chi connectivity index (χ2v) is 7.72. The van der Waals surface area contributed by atoms with Crippen LogP contribution < -0.4 is 10.6 Å². The molecule has 11 heteroatoms. The van der Waals surface area contributed by atoms with Crippen LogP contribution >= 0.6 is 0 Å². The van der Waals surface area contributed by atoms with Gasteiger partial charge in [0.2, 0.25) is 5.95 Å². The molecule has 0 radical (unpaired) electrons. The van der Waals surface area contributed by atoms with Gasteiger partial charge in [-0.05, 0) is 67.7 Å². The molecule has 3 heterocycles. The van der Waals surface area contributed by atoms with E-state index in [0.29, 0.717) is 15.8 Å². The molecule has 0 unspecified atom stereocenters. The van der Waals surface area contributed by atoms with Crippen molar-refractivity contribution >= 4 is 23.2 Å². The van der Waals surface area contributed by atoms with Crippen LogP contribution in [0.5, 0.6) is 0 Å². The summed E-state index contributed by atoms with van der Waals surface area (Å²) in [7, 11) is 0. The summed E-state index contributed by atoms with van der Waals surface area (Å²) in [6.45, 7) is -5.97. The van der Waals surface area contributed by atoms with E-state index in [1.54, 1.807) is 12.1 Å². The Morgan fingerprint density at radius 1 is 1.08 bits per heavy atom. The second-order valence-electron chi connectivity index (χ2n) is 7.72. The van der Waals surface area contributed by atoms with Crippen LogP contribution in [0.1, 0.15) is 43.6 Å². The Labute approximate surface area is 238 Å². The Balaban J connectivity index is 1.67. The molecule has 1 amide bonds. The van der Waals surface area contributed by atoms with Gasteiger partial charge in [-0.1, -0.05) is 6.04 Å². The summed E-state index contributed by atoms with van der Waals surface area (Å²) in [5, 5.41) is 4.41. The van der Waals surface area contributed by atoms with Gasteiger partial charge in [-0.15, -0.1) is 0 Å². The van der Waals surface area contributed by atoms with Gasteiger partial charge in [-0.3, -0.25) is 9.78 Å². The summed E-state index contributed by atoms with van der Waals surface area (Å²) in [5.41, 5.74) is -6.39. The van der Waals surface area contributed by atoms with Crippen LogP contribution in [0.15, 0.2) is 85.6 Å². The number of imidazole rings is 1. The van der Waals surface area contributed by atoms with Gasteiger partial charge in [0.05, 0.1) is 31.5 Å². The monoisotopic (exact) mass is 541 g/mol. The molecule has 2 N–H and O–H groups in total. The van der Waals surface area contributed by atoms with Crippen LogP contribution in [0.2, 0.25) is 0 Å². The van der Waals surface area contributed by atoms with Crippen LogP contribution in [0.25, 0.3) is 16.9 Å². The van der Waals surface area contributed by atoms with E-state index in [1.807, 2.05) is 5.32 Å². The zero-order chi connectivity index (χ0) is 37.8. The Kier molecular flexibility index (Phi) is 3.92. The van der Waals surface area contributed by atoms with Crippen molar-refractivity contribution in [2.45, 2.75) is 19.9 Å². The quantitative estimate of drug-likeness (QED) is 0.260. The van der Waals surface area contributed by atoms with Crippen LogP contribution in [-0.2, 0) is 6.18 Å². The van der Waals surface area contributed by atoms with Gasteiger partial charge in [-0.2, -0.15) is 13.2 Å². The fourth-order valence-corrected chi connectivity index (χ4v) is 3.23. The number of nitrogens with one attached hydrogen (secondary N) is 2. The van der Waals surface area contributed by atoms with Crippen LogP contribution in [0.4, 0.5) is 30.5 Å². The van der Waals surface area contributed by atoms with Crippen molar-refractivity contribution in [2.24, 2.45) is 0 Å². The molecule has 0 atom stereocenters. The summed E-state index contributed by atoms with van der Waals surface area (Å²) in [5.74, 6) is -1.89. The van der Waals surface area contributed by atoms with Gasteiger partial charge in [-0.25, -0.2) is 15.0 Å². The lowest BCUT2D eigenvalue weighted by molar-refractivity contribution is -0.137. The normalized spacial score (nSPS) is 16.4. The van der Waals surface area contributed by atoms with Gasteiger partial charge in [0.1, 0.15) is 0 Å². The smallest absolute Gasteiger partial charge is 0.324 e. The maximum absolute atomic E-state index is 14.2. The molecule has 8 nitrogen and oxygen atoms in total. The Morgan fingerprint density at radius 2 is 1.97 bits per heavy atom. The minimum absolute atomic E-state index is 0.299. The minimum Gasteiger partial charge on any atom is -0.324 e. The molecule has 0 saturated heterocycles. The molecule has 0 fully saturated rings. The van der Waals surface area contributed by atoms with Gasteiger partial charge in [0.25, 0.3) is 5.91 Å². The van der Waals surface area contributed by atoms with E-state index < -0.39 is 101 Å². The fourth-order valence-electron chi connectivity index (χ4n) is 3.23. The molecule has 0 aliphatic rings. The first-order valence-corrected chi connectivity index (χ1v) is 10.8. The number of nitrogens with zero attached hydrogens (tertiary/aromatic N) is 5. The molecule has 39 heavy (non-hydrogen) atoms. The number of rotatable bonds is 6. The van der Waals surface area contributed by atoms with E-state index in [0.717, 1.165) is 12.5 Å². The number of hydrogen-bond acceptors (Lipinski definition) is 6. The molecule has 0 saturated carbocycles. The van der Waals surface area contributed by atoms with Crippen molar-refractivity contribution in [3.8, 4) is 16.9 Å². The number of pyridine rings is 1. The summed E-state index contributed by atoms with van der Waals surface area (Å²) < 4.78 is 140. The van der Waals surface area contributed by atoms with Crippen molar-refractivity contribution in [2.75, 3.05) is 10.6 Å². The molecule has 2 aromatic carbocycles. The van der Waals surface area contributed by atoms with E-state index in [9.17, 15) is 18.0 Å². The van der Waals surface area contributed by atoms with Crippen LogP contribution in [0.3, 0.4) is 0 Å². The summed E-state index contributed by atoms with van der Waals surface area (Å²) in [6.07, 6.45) is 0.344. The van der Waals surface area contributed by atoms with E-state index in [2.05, 4.69) is 25.3 Å². The topological polar surface area (TPSA) is 97.6 Å². The molecule has 196 valence electrons. The predicted octanol–water partition coefficient (Wildman–Crippen LogP) is 6.36. The van der Waals surface area contributed by atoms with Crippen molar-refractivity contribution in [3.63, 3.8) is 0 Å². The first-order valence-electron chi connectivity index (χ1n) is 16.8. The number of carbonyl (C=O) groups excluding carboxylic acids is 1. The predicted molar refractivity (Wildman–Crippen MR) is 141 cm³/mol. The number of aromatic nitrogens is 5. The highest BCUT2D eigenvalue weighted by atomic mass is 19.4. The number of anilines is 3. The molecular weight excluding hydrogens is 507 g/mol. The third-order valence-electron chi connectivity index (χ3n) is 4.99. The van der Waals surface area contributed by atoms with E-state index in [-0.39, 0.29) is 5.95 Å². The lowest BCUT2D eigenvalue weighted by Gasteiger charge is -2.14. The first-order chi connectivity index (χ1) is 23.6. The van der Waals surface area contributed by atoms with Gasteiger partial charge in [0, 0.05) is 61.2 Å². The van der Waals surface area contributed by atoms with E-state index in [4.69, 9.17) is 16.4 Å². The number of amides is 1. The fraction of sp³-hybridized carbons (Fsp3) is 0.107. The first kappa shape index (κ1) is 14.8. The number of hydrogen-bond donors (Lipinski definition) is 2. The van der Waals surface area contributed by atoms with Crippen LogP contribution in [0, 0.1) is 13.7 Å². The van der Waals surface area contributed by atoms with E-state index in [1.165, 1.54) is 24.7 Å². The summed E-state index contributed by atoms with van der Waals surface area (Å²) >= 11 is 0. The zero-order valence-corrected chi connectivity index (χ0v) is 19.4. The van der Waals surface area contributed by atoms with Crippen LogP contribution in [-0.4, -0.2) is 30.4 Å². The SMILES string of the molecule is [2H]c1c([2H])c(C([2H])([2H])[2H])c(Nc2nccc(-c3cccnc3)n2)c([2H])c1C(=O)Nc1c([2H])c(-n2cnc(C([2H])([2H])[2H])c2)c([2H])c(C(F)(F)F)c1[2H]. The minimum atomic E-state index is -5.40. The van der Waals surface area contributed by atoms with Crippen molar-refractivity contribution in [1.29, 1.82) is 0 Å². The van der Waals surface area contributed by atoms with E-state index >= 15 is 0 Å². The van der Waals surface area contributed by atoms with Gasteiger partial charge < -0.3 is 15.2 Å². The number of carbonyl (C=O) groups is 1. The largest absolute Gasteiger partial charge is 0.416 e. The summed E-state index contributed by atoms with van der Waals surface area (Å²) in [4.78, 5) is 29.6. The Hall–Kier alpha value is -5.06. The second kappa shape index (κ2) is 10.4. The number of halogens is 3. The summed E-state index contributed by atoms with van der Waals surface area (Å²) in [6, 6.07) is -2.46. The lowest BCUT2D eigenvalue weighted by atomic mass is 10.1. The zero-order valence-electron chi connectivity index (χ0n) is 31.4. The molecule has 5 aromatic rings. The lowest BCUT2D eigenvalue weighted by Crippen LogP contribution is -2.14. The maximum Gasteiger partial charge on any atom is 0.416 e. The average Bonchev–Trinajstić information content (AvgIpc) is 3.52. The third-order valence-corrected chi connectivity index (χ3v) is 4.99. The number of alkyl halides is 3. The number of benzene rings is 2. The standard InChI is InChI=1S/C28H22F3N7O/c1-17-5-6-19(10-25(17)37-27-33-9-7-24(36-27)20-4-3-8-32-14-20)26(39)35-22-11-21(28(29,30)31)12-23(13-22)38-15-18(2)34-16-38/h3-16H,1-2H3,(H,35,39)(H,33,36,37)/i1D3,2D3,5D,6D,10D,11D,12D,13D.